The Bertz CT molecular complexity index is 445. The van der Waals surface area contributed by atoms with E-state index in [9.17, 15) is 9.59 Å². The molecule has 0 bridgehead atoms. The maximum Gasteiger partial charge on any atom is 0.326 e. The van der Waals surface area contributed by atoms with E-state index in [1.54, 1.807) is 11.8 Å². The number of thioether (sulfide) groups is 1. The number of rotatable bonds is 8. The van der Waals surface area contributed by atoms with Crippen molar-refractivity contribution in [2.45, 2.75) is 32.2 Å². The van der Waals surface area contributed by atoms with Gasteiger partial charge in [0.2, 0.25) is 5.91 Å². The Balaban J connectivity index is 2.41. The molecule has 20 heavy (non-hydrogen) atoms. The van der Waals surface area contributed by atoms with Crippen LogP contribution in [-0.2, 0) is 16.0 Å². The molecule has 0 fully saturated rings. The van der Waals surface area contributed by atoms with Gasteiger partial charge in [-0.25, -0.2) is 4.79 Å². The molecule has 1 aromatic carbocycles. The molecule has 0 radical (unpaired) electrons. The van der Waals surface area contributed by atoms with E-state index in [-0.39, 0.29) is 5.91 Å². The Hall–Kier alpha value is -1.49. The van der Waals surface area contributed by atoms with Gasteiger partial charge in [0.25, 0.3) is 0 Å². The second-order valence-corrected chi connectivity index (χ2v) is 5.71. The molecule has 1 unspecified atom stereocenters. The minimum Gasteiger partial charge on any atom is -0.480 e. The summed E-state index contributed by atoms with van der Waals surface area (Å²) in [6.45, 7) is 2.01. The highest BCUT2D eigenvalue weighted by molar-refractivity contribution is 7.98. The largest absolute Gasteiger partial charge is 0.480 e. The summed E-state index contributed by atoms with van der Waals surface area (Å²) in [7, 11) is 0. The fourth-order valence-electron chi connectivity index (χ4n) is 1.77. The van der Waals surface area contributed by atoms with Crippen LogP contribution >= 0.6 is 11.8 Å². The molecule has 0 saturated heterocycles. The third kappa shape index (κ3) is 6.10. The van der Waals surface area contributed by atoms with Crippen molar-refractivity contribution in [2.24, 2.45) is 0 Å². The maximum atomic E-state index is 11.8. The summed E-state index contributed by atoms with van der Waals surface area (Å²) >= 11 is 1.57. The predicted molar refractivity (Wildman–Crippen MR) is 82.1 cm³/mol. The molecule has 110 valence electrons. The Labute approximate surface area is 124 Å². The van der Waals surface area contributed by atoms with Crippen molar-refractivity contribution in [3.05, 3.63) is 35.4 Å². The van der Waals surface area contributed by atoms with Crippen molar-refractivity contribution < 1.29 is 14.7 Å². The molecular weight excluding hydrogens is 274 g/mol. The number of carboxylic acid groups (broad SMARTS) is 1. The molecule has 0 heterocycles. The number of aliphatic carboxylic acids is 1. The molecule has 1 atom stereocenters. The Morgan fingerprint density at radius 2 is 1.95 bits per heavy atom. The van der Waals surface area contributed by atoms with Gasteiger partial charge in [0.15, 0.2) is 0 Å². The van der Waals surface area contributed by atoms with Crippen LogP contribution < -0.4 is 5.32 Å². The van der Waals surface area contributed by atoms with Gasteiger partial charge in [-0.05, 0) is 37.3 Å². The molecule has 1 aromatic rings. The quantitative estimate of drug-likeness (QED) is 0.772. The van der Waals surface area contributed by atoms with E-state index in [1.165, 1.54) is 5.56 Å². The van der Waals surface area contributed by atoms with Crippen LogP contribution in [0.1, 0.15) is 24.0 Å². The number of aryl methyl sites for hydroxylation is 2. The number of carboxylic acids is 1. The van der Waals surface area contributed by atoms with Gasteiger partial charge in [-0.15, -0.1) is 0 Å². The highest BCUT2D eigenvalue weighted by Crippen LogP contribution is 2.06. The zero-order valence-corrected chi connectivity index (χ0v) is 12.7. The van der Waals surface area contributed by atoms with Crippen LogP contribution in [0.2, 0.25) is 0 Å². The molecule has 0 spiro atoms. The van der Waals surface area contributed by atoms with Gasteiger partial charge in [0, 0.05) is 6.42 Å². The normalized spacial score (nSPS) is 11.9. The van der Waals surface area contributed by atoms with Crippen molar-refractivity contribution in [1.82, 2.24) is 5.32 Å². The molecule has 0 saturated carbocycles. The zero-order chi connectivity index (χ0) is 15.0. The van der Waals surface area contributed by atoms with Gasteiger partial charge >= 0.3 is 5.97 Å². The number of benzene rings is 1. The lowest BCUT2D eigenvalue weighted by atomic mass is 10.1. The summed E-state index contributed by atoms with van der Waals surface area (Å²) in [6, 6.07) is 7.21. The zero-order valence-electron chi connectivity index (χ0n) is 11.9. The number of nitrogens with one attached hydrogen (secondary N) is 1. The topological polar surface area (TPSA) is 66.4 Å². The summed E-state index contributed by atoms with van der Waals surface area (Å²) in [5, 5.41) is 11.6. The first-order valence-corrected chi connectivity index (χ1v) is 7.99. The maximum absolute atomic E-state index is 11.8. The smallest absolute Gasteiger partial charge is 0.326 e. The second kappa shape index (κ2) is 8.64. The molecule has 1 amide bonds. The minimum absolute atomic E-state index is 0.209. The highest BCUT2D eigenvalue weighted by Gasteiger charge is 2.18. The fraction of sp³-hybridized carbons (Fsp3) is 0.467. The summed E-state index contributed by atoms with van der Waals surface area (Å²) < 4.78 is 0. The average Bonchev–Trinajstić information content (AvgIpc) is 2.42. The SMILES string of the molecule is CSCCC(NC(=O)CCc1ccc(C)cc1)C(=O)O. The van der Waals surface area contributed by atoms with E-state index in [2.05, 4.69) is 5.32 Å². The van der Waals surface area contributed by atoms with Gasteiger partial charge in [-0.1, -0.05) is 29.8 Å². The lowest BCUT2D eigenvalue weighted by Gasteiger charge is -2.13. The van der Waals surface area contributed by atoms with Crippen LogP contribution in [0.25, 0.3) is 0 Å². The third-order valence-electron chi connectivity index (χ3n) is 3.01. The second-order valence-electron chi connectivity index (χ2n) is 4.73. The third-order valence-corrected chi connectivity index (χ3v) is 3.65. The van der Waals surface area contributed by atoms with Crippen LogP contribution in [0.4, 0.5) is 0 Å². The highest BCUT2D eigenvalue weighted by atomic mass is 32.2. The minimum atomic E-state index is -0.970. The van der Waals surface area contributed by atoms with Crippen molar-refractivity contribution in [2.75, 3.05) is 12.0 Å². The van der Waals surface area contributed by atoms with E-state index in [0.29, 0.717) is 19.3 Å². The molecule has 0 aliphatic rings. The van der Waals surface area contributed by atoms with Gasteiger partial charge < -0.3 is 10.4 Å². The van der Waals surface area contributed by atoms with Crippen LogP contribution in [-0.4, -0.2) is 35.0 Å². The van der Waals surface area contributed by atoms with E-state index in [0.717, 1.165) is 11.3 Å². The number of hydrogen-bond acceptors (Lipinski definition) is 3. The monoisotopic (exact) mass is 295 g/mol. The lowest BCUT2D eigenvalue weighted by molar-refractivity contribution is -0.141. The molecule has 0 aliphatic heterocycles. The summed E-state index contributed by atoms with van der Waals surface area (Å²) in [5.41, 5.74) is 2.27. The van der Waals surface area contributed by atoms with Crippen molar-refractivity contribution in [3.63, 3.8) is 0 Å². The summed E-state index contributed by atoms with van der Waals surface area (Å²) in [5.74, 6) is -0.461. The lowest BCUT2D eigenvalue weighted by Crippen LogP contribution is -2.41. The first kappa shape index (κ1) is 16.6. The first-order valence-electron chi connectivity index (χ1n) is 6.59. The number of amides is 1. The molecular formula is C15H21NO3S. The van der Waals surface area contributed by atoms with E-state index < -0.39 is 12.0 Å². The predicted octanol–water partition coefficient (Wildman–Crippen LogP) is 2.25. The molecule has 2 N–H and O–H groups in total. The molecule has 5 heteroatoms. The average molecular weight is 295 g/mol. The summed E-state index contributed by atoms with van der Waals surface area (Å²) in [6.07, 6.45) is 3.30. The number of carbonyl (C=O) groups excluding carboxylic acids is 1. The van der Waals surface area contributed by atoms with Crippen LogP contribution in [0.15, 0.2) is 24.3 Å². The van der Waals surface area contributed by atoms with Crippen molar-refractivity contribution >= 4 is 23.6 Å². The van der Waals surface area contributed by atoms with Gasteiger partial charge in [0.1, 0.15) is 6.04 Å². The first-order chi connectivity index (χ1) is 9.52. The van der Waals surface area contributed by atoms with Crippen LogP contribution in [0.5, 0.6) is 0 Å². The molecule has 1 rings (SSSR count). The molecule has 0 aliphatic carbocycles. The van der Waals surface area contributed by atoms with Crippen LogP contribution in [0, 0.1) is 6.92 Å². The molecule has 0 aromatic heterocycles. The number of carbonyl (C=O) groups is 2. The van der Waals surface area contributed by atoms with Crippen molar-refractivity contribution in [1.29, 1.82) is 0 Å². The van der Waals surface area contributed by atoms with E-state index in [4.69, 9.17) is 5.11 Å². The van der Waals surface area contributed by atoms with Crippen molar-refractivity contribution in [3.8, 4) is 0 Å². The van der Waals surface area contributed by atoms with E-state index >= 15 is 0 Å². The van der Waals surface area contributed by atoms with Gasteiger partial charge in [-0.2, -0.15) is 11.8 Å². The fourth-order valence-corrected chi connectivity index (χ4v) is 2.24. The van der Waals surface area contributed by atoms with E-state index in [1.807, 2.05) is 37.4 Å². The Morgan fingerprint density at radius 3 is 2.50 bits per heavy atom. The Kier molecular flexibility index (Phi) is 7.15. The standard InChI is InChI=1S/C15H21NO3S/c1-11-3-5-12(6-4-11)7-8-14(17)16-13(15(18)19)9-10-20-2/h3-6,13H,7-10H2,1-2H3,(H,16,17)(H,18,19). The van der Waals surface area contributed by atoms with Gasteiger partial charge in [-0.3, -0.25) is 4.79 Å². The van der Waals surface area contributed by atoms with Gasteiger partial charge in [0.05, 0.1) is 0 Å². The van der Waals surface area contributed by atoms with Crippen LogP contribution in [0.3, 0.4) is 0 Å². The molecule has 4 nitrogen and oxygen atoms in total. The number of hydrogen-bond donors (Lipinski definition) is 2. The Morgan fingerprint density at radius 1 is 1.30 bits per heavy atom. The summed E-state index contributed by atoms with van der Waals surface area (Å²) in [4.78, 5) is 22.8.